The first-order valence-corrected chi connectivity index (χ1v) is 3.11. The van der Waals surface area contributed by atoms with E-state index in [0.717, 1.165) is 0 Å². The molecule has 12 heavy (non-hydrogen) atoms. The summed E-state index contributed by atoms with van der Waals surface area (Å²) in [7, 11) is 0. The zero-order chi connectivity index (χ0) is 9.46. The summed E-state index contributed by atoms with van der Waals surface area (Å²) in [4.78, 5) is 0. The van der Waals surface area contributed by atoms with Crippen LogP contribution in [-0.4, -0.2) is 0 Å². The molecule has 0 spiro atoms. The summed E-state index contributed by atoms with van der Waals surface area (Å²) in [6, 6.07) is 0. The molecule has 0 bridgehead atoms. The molecule has 0 atom stereocenters. The molecule has 0 aliphatic heterocycles. The van der Waals surface area contributed by atoms with Gasteiger partial charge in [-0.3, -0.25) is 0 Å². The minimum absolute atomic E-state index is 1.21. The molecule has 0 radical (unpaired) electrons. The maximum Gasteiger partial charge on any atom is 0.186 e. The van der Waals surface area contributed by atoms with Crippen molar-refractivity contribution in [3.63, 3.8) is 0 Å². The van der Waals surface area contributed by atoms with Crippen molar-refractivity contribution in [2.75, 3.05) is 5.73 Å². The number of benzene rings is 1. The van der Waals surface area contributed by atoms with Gasteiger partial charge in [-0.1, -0.05) is 11.6 Å². The van der Waals surface area contributed by atoms with Crippen molar-refractivity contribution < 1.29 is 17.6 Å². The number of halogens is 5. The van der Waals surface area contributed by atoms with Crippen LogP contribution in [0.1, 0.15) is 0 Å². The smallest absolute Gasteiger partial charge is 0.186 e. The van der Waals surface area contributed by atoms with Crippen molar-refractivity contribution in [3.8, 4) is 0 Å². The molecule has 0 aromatic heterocycles. The Morgan fingerprint density at radius 1 is 0.833 bits per heavy atom. The van der Waals surface area contributed by atoms with E-state index in [4.69, 9.17) is 11.6 Å². The topological polar surface area (TPSA) is 26.0 Å². The van der Waals surface area contributed by atoms with E-state index < -0.39 is 34.0 Å². The van der Waals surface area contributed by atoms with Crippen LogP contribution in [0.4, 0.5) is 23.2 Å². The highest BCUT2D eigenvalue weighted by Crippen LogP contribution is 2.28. The van der Waals surface area contributed by atoms with E-state index in [-0.39, 0.29) is 0 Å². The fraction of sp³-hybridized carbons (Fsp3) is 0. The van der Waals surface area contributed by atoms with Crippen molar-refractivity contribution in [1.82, 2.24) is 0 Å². The van der Waals surface area contributed by atoms with Gasteiger partial charge in [0.05, 0.1) is 0 Å². The lowest BCUT2D eigenvalue weighted by Crippen LogP contribution is -2.03. The van der Waals surface area contributed by atoms with Gasteiger partial charge >= 0.3 is 0 Å². The molecule has 0 amide bonds. The lowest BCUT2D eigenvalue weighted by Gasteiger charge is -2.03. The van der Waals surface area contributed by atoms with Crippen LogP contribution in [0.2, 0.25) is 5.02 Å². The number of hydrogen-bond acceptors (Lipinski definition) is 1. The molecule has 1 nitrogen and oxygen atoms in total. The molecular formula is C6H2ClF4N. The molecule has 0 aliphatic rings. The Morgan fingerprint density at radius 3 is 1.50 bits per heavy atom. The standard InChI is InChI=1S/C6H2ClF4N/c7-1-2(8)4(10)6(12)5(11)3(1)9/h12H2. The van der Waals surface area contributed by atoms with Crippen LogP contribution in [-0.2, 0) is 0 Å². The molecule has 6 heteroatoms. The number of hydrogen-bond donors (Lipinski definition) is 1. The summed E-state index contributed by atoms with van der Waals surface area (Å²) in [5.74, 6) is -6.74. The highest BCUT2D eigenvalue weighted by Gasteiger charge is 2.21. The van der Waals surface area contributed by atoms with Gasteiger partial charge in [-0.05, 0) is 0 Å². The van der Waals surface area contributed by atoms with Crippen LogP contribution in [0, 0.1) is 23.3 Å². The van der Waals surface area contributed by atoms with E-state index in [2.05, 4.69) is 5.73 Å². The molecule has 1 aromatic rings. The van der Waals surface area contributed by atoms with Crippen LogP contribution in [0.5, 0.6) is 0 Å². The van der Waals surface area contributed by atoms with E-state index in [0.29, 0.717) is 0 Å². The lowest BCUT2D eigenvalue weighted by molar-refractivity contribution is 0.460. The molecule has 1 rings (SSSR count). The third-order valence-corrected chi connectivity index (χ3v) is 1.58. The number of nitrogen functional groups attached to an aromatic ring is 1. The zero-order valence-electron chi connectivity index (χ0n) is 5.47. The van der Waals surface area contributed by atoms with Gasteiger partial charge in [-0.2, -0.15) is 0 Å². The molecule has 0 unspecified atom stereocenters. The molecule has 1 aromatic carbocycles. The molecule has 0 heterocycles. The Morgan fingerprint density at radius 2 is 1.17 bits per heavy atom. The second kappa shape index (κ2) is 2.82. The third kappa shape index (κ3) is 1.10. The fourth-order valence-electron chi connectivity index (χ4n) is 0.622. The average Bonchev–Trinajstić information content (AvgIpc) is 2.08. The van der Waals surface area contributed by atoms with Crippen molar-refractivity contribution in [1.29, 1.82) is 0 Å². The normalized spacial score (nSPS) is 10.4. The summed E-state index contributed by atoms with van der Waals surface area (Å²) < 4.78 is 49.8. The highest BCUT2D eigenvalue weighted by atomic mass is 35.5. The van der Waals surface area contributed by atoms with Crippen molar-refractivity contribution in [3.05, 3.63) is 28.3 Å². The molecule has 0 saturated heterocycles. The fourth-order valence-corrected chi connectivity index (χ4v) is 0.788. The van der Waals surface area contributed by atoms with Crippen LogP contribution in [0.3, 0.4) is 0 Å². The second-order valence-corrected chi connectivity index (χ2v) is 2.36. The maximum absolute atomic E-state index is 12.4. The van der Waals surface area contributed by atoms with E-state index in [9.17, 15) is 17.6 Å². The van der Waals surface area contributed by atoms with Crippen LogP contribution in [0.25, 0.3) is 0 Å². The summed E-state index contributed by atoms with van der Waals surface area (Å²) in [6.07, 6.45) is 0. The Hall–Kier alpha value is -0.970. The van der Waals surface area contributed by atoms with Gasteiger partial charge in [-0.15, -0.1) is 0 Å². The van der Waals surface area contributed by atoms with Gasteiger partial charge in [-0.25, -0.2) is 17.6 Å². The predicted octanol–water partition coefficient (Wildman–Crippen LogP) is 2.48. The molecular weight excluding hydrogens is 198 g/mol. The van der Waals surface area contributed by atoms with Crippen LogP contribution in [0.15, 0.2) is 0 Å². The first-order chi connectivity index (χ1) is 5.46. The predicted molar refractivity (Wildman–Crippen MR) is 35.7 cm³/mol. The SMILES string of the molecule is Nc1c(F)c(F)c(Cl)c(F)c1F. The van der Waals surface area contributed by atoms with E-state index in [1.807, 2.05) is 0 Å². The van der Waals surface area contributed by atoms with Crippen molar-refractivity contribution >= 4 is 17.3 Å². The largest absolute Gasteiger partial charge is 0.394 e. The number of rotatable bonds is 0. The highest BCUT2D eigenvalue weighted by molar-refractivity contribution is 6.31. The second-order valence-electron chi connectivity index (χ2n) is 1.98. The maximum atomic E-state index is 12.4. The first-order valence-electron chi connectivity index (χ1n) is 2.73. The van der Waals surface area contributed by atoms with Gasteiger partial charge in [0.25, 0.3) is 0 Å². The average molecular weight is 200 g/mol. The van der Waals surface area contributed by atoms with E-state index in [1.165, 1.54) is 0 Å². The van der Waals surface area contributed by atoms with E-state index in [1.54, 1.807) is 0 Å². The molecule has 0 fully saturated rings. The van der Waals surface area contributed by atoms with Gasteiger partial charge in [0.2, 0.25) is 0 Å². The van der Waals surface area contributed by atoms with E-state index >= 15 is 0 Å². The van der Waals surface area contributed by atoms with Gasteiger partial charge in [0.15, 0.2) is 23.3 Å². The Kier molecular flexibility index (Phi) is 2.14. The quantitative estimate of drug-likeness (QED) is 0.295. The van der Waals surface area contributed by atoms with Gasteiger partial charge in [0.1, 0.15) is 10.7 Å². The van der Waals surface area contributed by atoms with Crippen molar-refractivity contribution in [2.24, 2.45) is 0 Å². The van der Waals surface area contributed by atoms with Gasteiger partial charge < -0.3 is 5.73 Å². The Bertz CT molecular complexity index is 234. The number of nitrogens with two attached hydrogens (primary N) is 1. The molecule has 2 N–H and O–H groups in total. The van der Waals surface area contributed by atoms with Crippen molar-refractivity contribution in [2.45, 2.75) is 0 Å². The number of anilines is 1. The summed E-state index contributed by atoms with van der Waals surface area (Å²) in [5.41, 5.74) is 3.45. The summed E-state index contributed by atoms with van der Waals surface area (Å²) in [5, 5.41) is -1.24. The summed E-state index contributed by atoms with van der Waals surface area (Å²) >= 11 is 4.87. The van der Waals surface area contributed by atoms with Crippen LogP contribution < -0.4 is 5.73 Å². The molecule has 0 saturated carbocycles. The summed E-state index contributed by atoms with van der Waals surface area (Å²) in [6.45, 7) is 0. The monoisotopic (exact) mass is 199 g/mol. The molecule has 66 valence electrons. The Labute approximate surface area is 69.7 Å². The van der Waals surface area contributed by atoms with Crippen LogP contribution >= 0.6 is 11.6 Å². The minimum Gasteiger partial charge on any atom is -0.394 e. The Balaban J connectivity index is 3.60. The first kappa shape index (κ1) is 9.12. The zero-order valence-corrected chi connectivity index (χ0v) is 6.22. The van der Waals surface area contributed by atoms with Gasteiger partial charge in [0, 0.05) is 0 Å². The molecule has 0 aliphatic carbocycles. The lowest BCUT2D eigenvalue weighted by atomic mass is 10.2. The minimum atomic E-state index is -1.69. The third-order valence-electron chi connectivity index (χ3n) is 1.24.